The van der Waals surface area contributed by atoms with Crippen molar-refractivity contribution in [1.29, 1.82) is 0 Å². The fourth-order valence-corrected chi connectivity index (χ4v) is 5.86. The van der Waals surface area contributed by atoms with Gasteiger partial charge in [0.05, 0.1) is 19.8 Å². The maximum absolute atomic E-state index is 13.8. The van der Waals surface area contributed by atoms with E-state index in [-0.39, 0.29) is 30.0 Å². The third-order valence-corrected chi connectivity index (χ3v) is 7.71. The summed E-state index contributed by atoms with van der Waals surface area (Å²) in [6, 6.07) is 11.8. The number of hydrogen-bond donors (Lipinski definition) is 1. The molecule has 0 amide bonds. The summed E-state index contributed by atoms with van der Waals surface area (Å²) in [6.45, 7) is 1.84. The first kappa shape index (κ1) is 25.1. The van der Waals surface area contributed by atoms with Gasteiger partial charge in [0.15, 0.2) is 17.3 Å². The van der Waals surface area contributed by atoms with Crippen molar-refractivity contribution in [2.75, 3.05) is 14.2 Å². The summed E-state index contributed by atoms with van der Waals surface area (Å²) in [4.78, 5) is 27.2. The van der Waals surface area contributed by atoms with Crippen molar-refractivity contribution >= 4 is 11.8 Å². The lowest BCUT2D eigenvalue weighted by Crippen LogP contribution is -2.36. The lowest BCUT2D eigenvalue weighted by Gasteiger charge is -2.37. The Morgan fingerprint density at radius 1 is 0.946 bits per heavy atom. The van der Waals surface area contributed by atoms with Crippen LogP contribution in [0.4, 0.5) is 4.39 Å². The molecule has 2 aliphatic carbocycles. The molecule has 0 radical (unpaired) electrons. The van der Waals surface area contributed by atoms with E-state index in [2.05, 4.69) is 5.32 Å². The van der Waals surface area contributed by atoms with Crippen LogP contribution in [-0.4, -0.2) is 32.1 Å². The second-order valence-corrected chi connectivity index (χ2v) is 10.00. The first-order chi connectivity index (χ1) is 17.9. The van der Waals surface area contributed by atoms with Crippen molar-refractivity contribution in [3.05, 3.63) is 81.9 Å². The van der Waals surface area contributed by atoms with E-state index in [0.29, 0.717) is 40.3 Å². The van der Waals surface area contributed by atoms with Crippen LogP contribution in [0.2, 0.25) is 0 Å². The van der Waals surface area contributed by atoms with Gasteiger partial charge in [-0.25, -0.2) is 9.18 Å². The molecule has 2 atom stereocenters. The molecule has 3 aliphatic rings. The Kier molecular flexibility index (Phi) is 7.04. The Morgan fingerprint density at radius 3 is 2.30 bits per heavy atom. The molecule has 1 N–H and O–H groups in total. The molecule has 0 unspecified atom stereocenters. The maximum Gasteiger partial charge on any atom is 0.337 e. The van der Waals surface area contributed by atoms with Crippen LogP contribution in [0, 0.1) is 5.82 Å². The van der Waals surface area contributed by atoms with Gasteiger partial charge in [-0.05, 0) is 80.3 Å². The number of dihydropyridines is 1. The van der Waals surface area contributed by atoms with Gasteiger partial charge < -0.3 is 19.5 Å². The predicted octanol–water partition coefficient (Wildman–Crippen LogP) is 5.69. The molecule has 0 spiro atoms. The Hall–Kier alpha value is -3.61. The van der Waals surface area contributed by atoms with Gasteiger partial charge in [-0.3, -0.25) is 4.79 Å². The molecule has 5 rings (SSSR count). The van der Waals surface area contributed by atoms with Crippen LogP contribution in [0.15, 0.2) is 65.0 Å². The van der Waals surface area contributed by atoms with E-state index in [1.54, 1.807) is 26.4 Å². The number of ketones is 1. The summed E-state index contributed by atoms with van der Waals surface area (Å²) in [5.41, 5.74) is 4.12. The second-order valence-electron chi connectivity index (χ2n) is 10.00. The Labute approximate surface area is 216 Å². The number of hydrogen-bond acceptors (Lipinski definition) is 6. The Balaban J connectivity index is 1.52. The van der Waals surface area contributed by atoms with Crippen LogP contribution in [-0.2, 0) is 14.3 Å². The van der Waals surface area contributed by atoms with Gasteiger partial charge in [0, 0.05) is 29.3 Å². The van der Waals surface area contributed by atoms with Crippen LogP contribution < -0.4 is 14.8 Å². The summed E-state index contributed by atoms with van der Waals surface area (Å²) in [5.74, 6) is -0.247. The summed E-state index contributed by atoms with van der Waals surface area (Å²) in [6.07, 6.45) is 4.57. The maximum atomic E-state index is 13.8. The summed E-state index contributed by atoms with van der Waals surface area (Å²) >= 11 is 0. The topological polar surface area (TPSA) is 73.9 Å². The highest BCUT2D eigenvalue weighted by molar-refractivity contribution is 6.04. The van der Waals surface area contributed by atoms with E-state index in [1.165, 1.54) is 12.1 Å². The Bertz CT molecular complexity index is 1270. The molecule has 2 aromatic carbocycles. The van der Waals surface area contributed by atoms with E-state index in [9.17, 15) is 14.0 Å². The molecule has 2 aromatic rings. The number of methoxy groups -OCH3 is 2. The molecule has 1 aliphatic heterocycles. The fraction of sp³-hybridized carbons (Fsp3) is 0.400. The van der Waals surface area contributed by atoms with Crippen LogP contribution >= 0.6 is 0 Å². The largest absolute Gasteiger partial charge is 0.493 e. The van der Waals surface area contributed by atoms with Crippen molar-refractivity contribution < 1.29 is 28.2 Å². The predicted molar refractivity (Wildman–Crippen MR) is 137 cm³/mol. The molecule has 194 valence electrons. The van der Waals surface area contributed by atoms with Crippen LogP contribution in [0.3, 0.4) is 0 Å². The molecule has 6 nitrogen and oxygen atoms in total. The van der Waals surface area contributed by atoms with E-state index in [1.807, 2.05) is 25.1 Å². The average Bonchev–Trinajstić information content (AvgIpc) is 3.40. The number of halogens is 1. The fourth-order valence-electron chi connectivity index (χ4n) is 5.86. The number of benzene rings is 2. The third kappa shape index (κ3) is 4.87. The standard InChI is InChI=1S/C30H32FNO5/c1-17-27(30(34)37-22-6-4-5-7-22)28(18-8-11-21(31)12-9-18)29-23(32-17)14-20(15-24(29)33)19-10-13-25(35-2)26(16-19)36-3/h8-13,16,20,22,28,32H,4-7,14-15H2,1-3H3/t20-,28-/m0/s1. The van der Waals surface area contributed by atoms with Crippen molar-refractivity contribution in [1.82, 2.24) is 5.32 Å². The molecule has 1 saturated carbocycles. The monoisotopic (exact) mass is 505 g/mol. The highest BCUT2D eigenvalue weighted by Crippen LogP contribution is 2.46. The van der Waals surface area contributed by atoms with Gasteiger partial charge in [-0.2, -0.15) is 0 Å². The number of allylic oxidation sites excluding steroid dienone is 3. The van der Waals surface area contributed by atoms with Crippen LogP contribution in [0.1, 0.15) is 68.4 Å². The first-order valence-corrected chi connectivity index (χ1v) is 12.8. The normalized spacial score (nSPS) is 22.0. The van der Waals surface area contributed by atoms with Gasteiger partial charge in [0.25, 0.3) is 0 Å². The van der Waals surface area contributed by atoms with Crippen LogP contribution in [0.5, 0.6) is 11.5 Å². The summed E-state index contributed by atoms with van der Waals surface area (Å²) < 4.78 is 30.5. The highest BCUT2D eigenvalue weighted by atomic mass is 19.1. The van der Waals surface area contributed by atoms with Gasteiger partial charge in [-0.15, -0.1) is 0 Å². The van der Waals surface area contributed by atoms with Gasteiger partial charge in [-0.1, -0.05) is 18.2 Å². The zero-order valence-corrected chi connectivity index (χ0v) is 21.4. The molecular formula is C30H32FNO5. The van der Waals surface area contributed by atoms with Gasteiger partial charge >= 0.3 is 5.97 Å². The average molecular weight is 506 g/mol. The number of carbonyl (C=O) groups is 2. The smallest absolute Gasteiger partial charge is 0.337 e. The molecule has 0 bridgehead atoms. The van der Waals surface area contributed by atoms with Crippen LogP contribution in [0.25, 0.3) is 0 Å². The Morgan fingerprint density at radius 2 is 1.62 bits per heavy atom. The SMILES string of the molecule is COc1ccc([C@@H]2CC(=O)C3=C(C2)NC(C)=C(C(=O)OC2CCCC2)[C@@H]3c2ccc(F)cc2)cc1OC. The molecule has 1 fully saturated rings. The second kappa shape index (κ2) is 10.4. The zero-order chi connectivity index (χ0) is 26.1. The quantitative estimate of drug-likeness (QED) is 0.509. The first-order valence-electron chi connectivity index (χ1n) is 12.8. The number of nitrogens with one attached hydrogen (secondary N) is 1. The van der Waals surface area contributed by atoms with Crippen molar-refractivity contribution in [2.24, 2.45) is 0 Å². The van der Waals surface area contributed by atoms with Crippen molar-refractivity contribution in [2.45, 2.75) is 63.4 Å². The minimum Gasteiger partial charge on any atom is -0.493 e. The van der Waals surface area contributed by atoms with Crippen molar-refractivity contribution in [3.8, 4) is 11.5 Å². The number of Topliss-reactive ketones (excluding diaryl/α,β-unsaturated/α-hetero) is 1. The van der Waals surface area contributed by atoms with E-state index in [0.717, 1.165) is 36.9 Å². The number of carbonyl (C=O) groups excluding carboxylic acids is 2. The molecule has 0 saturated heterocycles. The molecule has 1 heterocycles. The van der Waals surface area contributed by atoms with E-state index in [4.69, 9.17) is 14.2 Å². The third-order valence-electron chi connectivity index (χ3n) is 7.71. The van der Waals surface area contributed by atoms with Crippen molar-refractivity contribution in [3.63, 3.8) is 0 Å². The zero-order valence-electron chi connectivity index (χ0n) is 21.4. The number of esters is 1. The number of rotatable bonds is 6. The summed E-state index contributed by atoms with van der Waals surface area (Å²) in [5, 5.41) is 3.37. The molecular weight excluding hydrogens is 473 g/mol. The van der Waals surface area contributed by atoms with Gasteiger partial charge in [0.2, 0.25) is 0 Å². The molecule has 0 aromatic heterocycles. The number of ether oxygens (including phenoxy) is 3. The molecule has 7 heteroatoms. The highest BCUT2D eigenvalue weighted by Gasteiger charge is 2.42. The van der Waals surface area contributed by atoms with E-state index >= 15 is 0 Å². The van der Waals surface area contributed by atoms with Gasteiger partial charge in [0.1, 0.15) is 11.9 Å². The minimum atomic E-state index is -0.607. The minimum absolute atomic E-state index is 0.0403. The summed E-state index contributed by atoms with van der Waals surface area (Å²) in [7, 11) is 3.18. The lowest BCUT2D eigenvalue weighted by atomic mass is 9.71. The molecule has 37 heavy (non-hydrogen) atoms. The lowest BCUT2D eigenvalue weighted by molar-refractivity contribution is -0.144. The van der Waals surface area contributed by atoms with E-state index < -0.39 is 11.9 Å².